The van der Waals surface area contributed by atoms with Crippen LogP contribution in [0.2, 0.25) is 0 Å². The molecule has 2 aromatic rings. The zero-order valence-corrected chi connectivity index (χ0v) is 12.7. The lowest BCUT2D eigenvalue weighted by Gasteiger charge is -2.11. The maximum atomic E-state index is 12.3. The summed E-state index contributed by atoms with van der Waals surface area (Å²) in [6.45, 7) is 3.64. The Morgan fingerprint density at radius 1 is 1.29 bits per heavy atom. The zero-order valence-electron chi connectivity index (χ0n) is 11.9. The zero-order chi connectivity index (χ0) is 15.1. The van der Waals surface area contributed by atoms with E-state index in [1.165, 1.54) is 6.20 Å². The monoisotopic (exact) mass is 309 g/mol. The molecule has 0 atom stereocenters. The van der Waals surface area contributed by atoms with E-state index in [1.54, 1.807) is 24.8 Å². The molecule has 8 heteroatoms. The van der Waals surface area contributed by atoms with Crippen molar-refractivity contribution in [3.63, 3.8) is 0 Å². The number of anilines is 1. The summed E-state index contributed by atoms with van der Waals surface area (Å²) in [6, 6.07) is 1.66. The molecule has 0 aromatic carbocycles. The van der Waals surface area contributed by atoms with Crippen LogP contribution < -0.4 is 10.0 Å². The fourth-order valence-corrected chi connectivity index (χ4v) is 3.09. The number of aryl methyl sites for hydroxylation is 1. The molecule has 21 heavy (non-hydrogen) atoms. The number of nitrogens with zero attached hydrogens (tertiary/aromatic N) is 3. The highest BCUT2D eigenvalue weighted by molar-refractivity contribution is 7.89. The Morgan fingerprint density at radius 3 is 2.86 bits per heavy atom. The van der Waals surface area contributed by atoms with Crippen molar-refractivity contribution < 1.29 is 8.42 Å². The Labute approximate surface area is 124 Å². The molecule has 2 heterocycles. The second kappa shape index (κ2) is 7.19. The molecule has 0 unspecified atom stereocenters. The van der Waals surface area contributed by atoms with Gasteiger partial charge in [-0.25, -0.2) is 18.1 Å². The summed E-state index contributed by atoms with van der Waals surface area (Å²) in [5.74, 6) is 0. The van der Waals surface area contributed by atoms with Crippen LogP contribution in [0.3, 0.4) is 0 Å². The molecule has 0 radical (unpaired) electrons. The average molecular weight is 309 g/mol. The van der Waals surface area contributed by atoms with Crippen molar-refractivity contribution in [2.24, 2.45) is 0 Å². The normalized spacial score (nSPS) is 11.5. The van der Waals surface area contributed by atoms with E-state index < -0.39 is 10.0 Å². The minimum Gasteiger partial charge on any atom is -0.384 e. The smallest absolute Gasteiger partial charge is 0.244 e. The Balaban J connectivity index is 1.95. The van der Waals surface area contributed by atoms with Gasteiger partial charge in [-0.05, 0) is 19.4 Å². The third kappa shape index (κ3) is 4.27. The number of nitrogens with one attached hydrogen (secondary N) is 2. The molecular weight excluding hydrogens is 290 g/mol. The van der Waals surface area contributed by atoms with E-state index in [0.717, 1.165) is 6.54 Å². The van der Waals surface area contributed by atoms with Crippen molar-refractivity contribution >= 4 is 15.7 Å². The average Bonchev–Trinajstić information content (AvgIpc) is 2.98. The van der Waals surface area contributed by atoms with E-state index in [0.29, 0.717) is 25.2 Å². The number of pyridine rings is 1. The van der Waals surface area contributed by atoms with E-state index in [4.69, 9.17) is 0 Å². The fraction of sp³-hybridized carbons (Fsp3) is 0.385. The second-order valence-electron chi connectivity index (χ2n) is 4.45. The summed E-state index contributed by atoms with van der Waals surface area (Å²) < 4.78 is 29.1. The lowest BCUT2D eigenvalue weighted by atomic mass is 10.4. The molecule has 0 bridgehead atoms. The number of aromatic nitrogens is 3. The van der Waals surface area contributed by atoms with Crippen molar-refractivity contribution in [1.82, 2.24) is 19.3 Å². The van der Waals surface area contributed by atoms with Gasteiger partial charge in [-0.2, -0.15) is 0 Å². The molecule has 0 aliphatic carbocycles. The van der Waals surface area contributed by atoms with Gasteiger partial charge in [-0.15, -0.1) is 0 Å². The van der Waals surface area contributed by atoms with Crippen LogP contribution in [0.5, 0.6) is 0 Å². The van der Waals surface area contributed by atoms with Crippen molar-refractivity contribution in [3.05, 3.63) is 37.2 Å². The highest BCUT2D eigenvalue weighted by Crippen LogP contribution is 2.18. The van der Waals surface area contributed by atoms with Crippen molar-refractivity contribution in [2.75, 3.05) is 18.4 Å². The molecule has 0 fully saturated rings. The van der Waals surface area contributed by atoms with Crippen molar-refractivity contribution in [2.45, 2.75) is 24.8 Å². The van der Waals surface area contributed by atoms with Gasteiger partial charge in [-0.1, -0.05) is 0 Å². The standard InChI is InChI=1S/C13H19N5O2S/c1-2-16-12-4-6-14-10-13(12)21(19,20)17-5-3-8-18-9-7-15-11-18/h4,6-7,9-11,17H,2-3,5,8H2,1H3,(H,14,16). The van der Waals surface area contributed by atoms with Gasteiger partial charge in [0.25, 0.3) is 0 Å². The molecule has 0 spiro atoms. The summed E-state index contributed by atoms with van der Waals surface area (Å²) in [5, 5.41) is 3.02. The van der Waals surface area contributed by atoms with Gasteiger partial charge in [0.05, 0.1) is 12.0 Å². The van der Waals surface area contributed by atoms with E-state index in [1.807, 2.05) is 17.7 Å². The third-order valence-corrected chi connectivity index (χ3v) is 4.37. The molecule has 0 aliphatic heterocycles. The molecule has 2 N–H and O–H groups in total. The largest absolute Gasteiger partial charge is 0.384 e. The van der Waals surface area contributed by atoms with E-state index in [-0.39, 0.29) is 4.90 Å². The van der Waals surface area contributed by atoms with Crippen LogP contribution >= 0.6 is 0 Å². The van der Waals surface area contributed by atoms with Crippen LogP contribution in [0.15, 0.2) is 42.1 Å². The van der Waals surface area contributed by atoms with E-state index >= 15 is 0 Å². The molecule has 7 nitrogen and oxygen atoms in total. The molecular formula is C13H19N5O2S. The lowest BCUT2D eigenvalue weighted by molar-refractivity contribution is 0.569. The van der Waals surface area contributed by atoms with Crippen LogP contribution in [-0.2, 0) is 16.6 Å². The predicted molar refractivity (Wildman–Crippen MR) is 80.4 cm³/mol. The third-order valence-electron chi connectivity index (χ3n) is 2.89. The Morgan fingerprint density at radius 2 is 2.14 bits per heavy atom. The van der Waals surface area contributed by atoms with Gasteiger partial charge in [0.1, 0.15) is 4.90 Å². The Bertz CT molecular complexity index is 655. The number of rotatable bonds is 8. The van der Waals surface area contributed by atoms with Crippen molar-refractivity contribution in [1.29, 1.82) is 0 Å². The van der Waals surface area contributed by atoms with Crippen molar-refractivity contribution in [3.8, 4) is 0 Å². The first-order chi connectivity index (χ1) is 10.1. The van der Waals surface area contributed by atoms with Gasteiger partial charge in [0, 0.05) is 44.4 Å². The highest BCUT2D eigenvalue weighted by atomic mass is 32.2. The maximum Gasteiger partial charge on any atom is 0.244 e. The summed E-state index contributed by atoms with van der Waals surface area (Å²) in [4.78, 5) is 8.00. The lowest BCUT2D eigenvalue weighted by Crippen LogP contribution is -2.26. The molecule has 2 aromatic heterocycles. The Hall–Kier alpha value is -1.93. The first-order valence-electron chi connectivity index (χ1n) is 6.77. The van der Waals surface area contributed by atoms with Crippen LogP contribution in [0, 0.1) is 0 Å². The summed E-state index contributed by atoms with van der Waals surface area (Å²) >= 11 is 0. The molecule has 114 valence electrons. The highest BCUT2D eigenvalue weighted by Gasteiger charge is 2.17. The van der Waals surface area contributed by atoms with Crippen LogP contribution in [0.1, 0.15) is 13.3 Å². The van der Waals surface area contributed by atoms with Gasteiger partial charge in [0.2, 0.25) is 10.0 Å². The first kappa shape index (κ1) is 15.5. The molecule has 0 saturated heterocycles. The van der Waals surface area contributed by atoms with E-state index in [2.05, 4.69) is 20.0 Å². The number of imidazole rings is 1. The van der Waals surface area contributed by atoms with Gasteiger partial charge in [-0.3, -0.25) is 4.98 Å². The summed E-state index contributed by atoms with van der Waals surface area (Å²) in [6.07, 6.45) is 8.86. The number of sulfonamides is 1. The molecule has 0 saturated carbocycles. The second-order valence-corrected chi connectivity index (χ2v) is 6.19. The summed E-state index contributed by atoms with van der Waals surface area (Å²) in [5.41, 5.74) is 0.564. The van der Waals surface area contributed by atoms with Crippen LogP contribution in [0.4, 0.5) is 5.69 Å². The summed E-state index contributed by atoms with van der Waals surface area (Å²) in [7, 11) is -3.55. The first-order valence-corrected chi connectivity index (χ1v) is 8.25. The van der Waals surface area contributed by atoms with Gasteiger partial charge < -0.3 is 9.88 Å². The predicted octanol–water partition coefficient (Wildman–Crippen LogP) is 1.08. The van der Waals surface area contributed by atoms with Crippen LogP contribution in [-0.4, -0.2) is 36.0 Å². The molecule has 0 amide bonds. The Kier molecular flexibility index (Phi) is 5.29. The maximum absolute atomic E-state index is 12.3. The minimum absolute atomic E-state index is 0.175. The molecule has 0 aliphatic rings. The van der Waals surface area contributed by atoms with E-state index in [9.17, 15) is 8.42 Å². The number of hydrogen-bond donors (Lipinski definition) is 2. The SMILES string of the molecule is CCNc1ccncc1S(=O)(=O)NCCCn1ccnc1. The van der Waals surface area contributed by atoms with Gasteiger partial charge in [0.15, 0.2) is 0 Å². The molecule has 2 rings (SSSR count). The topological polar surface area (TPSA) is 88.9 Å². The van der Waals surface area contributed by atoms with Crippen LogP contribution in [0.25, 0.3) is 0 Å². The minimum atomic E-state index is -3.55. The fourth-order valence-electron chi connectivity index (χ4n) is 1.90. The quantitative estimate of drug-likeness (QED) is 0.712. The van der Waals surface area contributed by atoms with Gasteiger partial charge >= 0.3 is 0 Å². The number of hydrogen-bond acceptors (Lipinski definition) is 5.